The number of esters is 1. The molecule has 0 unspecified atom stereocenters. The van der Waals surface area contributed by atoms with Crippen molar-refractivity contribution in [3.05, 3.63) is 74.3 Å². The molecule has 1 aliphatic rings. The highest BCUT2D eigenvalue weighted by molar-refractivity contribution is 7.16. The minimum atomic E-state index is -1.02. The highest BCUT2D eigenvalue weighted by atomic mass is 32.1. The Balaban J connectivity index is 1.68. The summed E-state index contributed by atoms with van der Waals surface area (Å²) < 4.78 is 5.32. The van der Waals surface area contributed by atoms with Gasteiger partial charge in [-0.15, -0.1) is 22.7 Å². The van der Waals surface area contributed by atoms with E-state index in [0.29, 0.717) is 21.0 Å². The summed E-state index contributed by atoms with van der Waals surface area (Å²) in [6.07, 6.45) is 2.76. The van der Waals surface area contributed by atoms with Crippen LogP contribution < -0.4 is 10.6 Å². The van der Waals surface area contributed by atoms with E-state index in [0.717, 1.165) is 36.1 Å². The van der Waals surface area contributed by atoms with Gasteiger partial charge in [0.25, 0.3) is 5.91 Å². The first kappa shape index (κ1) is 22.2. The lowest BCUT2D eigenvalue weighted by Crippen LogP contribution is -2.46. The molecule has 32 heavy (non-hydrogen) atoms. The van der Waals surface area contributed by atoms with Crippen molar-refractivity contribution in [3.63, 3.8) is 0 Å². The SMILES string of the molecule is CCOC(=O)c1c(N[C@H](NC(=O)c2ccccc2)C(=O)c2cccs2)sc2c1CCCC2. The van der Waals surface area contributed by atoms with E-state index < -0.39 is 12.1 Å². The number of ketones is 1. The van der Waals surface area contributed by atoms with E-state index >= 15 is 0 Å². The number of nitrogens with one attached hydrogen (secondary N) is 2. The number of rotatable bonds is 8. The van der Waals surface area contributed by atoms with Crippen molar-refractivity contribution in [2.24, 2.45) is 0 Å². The van der Waals surface area contributed by atoms with Crippen LogP contribution >= 0.6 is 22.7 Å². The highest BCUT2D eigenvalue weighted by Gasteiger charge is 2.30. The van der Waals surface area contributed by atoms with Crippen LogP contribution in [0.3, 0.4) is 0 Å². The molecule has 1 aromatic carbocycles. The molecule has 6 nitrogen and oxygen atoms in total. The molecule has 0 saturated heterocycles. The van der Waals surface area contributed by atoms with Gasteiger partial charge < -0.3 is 15.4 Å². The number of hydrogen-bond donors (Lipinski definition) is 2. The molecule has 2 heterocycles. The molecule has 3 aromatic rings. The molecule has 1 atom stereocenters. The fraction of sp³-hybridized carbons (Fsp3) is 0.292. The van der Waals surface area contributed by atoms with E-state index in [1.165, 1.54) is 22.7 Å². The Morgan fingerprint density at radius 2 is 1.84 bits per heavy atom. The number of benzene rings is 1. The number of thiophene rings is 2. The lowest BCUT2D eigenvalue weighted by atomic mass is 9.95. The molecule has 1 aliphatic carbocycles. The van der Waals surface area contributed by atoms with Crippen molar-refractivity contribution in [1.29, 1.82) is 0 Å². The number of aryl methyl sites for hydroxylation is 1. The Kier molecular flexibility index (Phi) is 7.02. The van der Waals surface area contributed by atoms with Gasteiger partial charge in [0, 0.05) is 10.4 Å². The maximum atomic E-state index is 13.2. The predicted octanol–water partition coefficient (Wildman–Crippen LogP) is 4.92. The van der Waals surface area contributed by atoms with Crippen molar-refractivity contribution in [3.8, 4) is 0 Å². The van der Waals surface area contributed by atoms with Gasteiger partial charge in [-0.05, 0) is 61.7 Å². The smallest absolute Gasteiger partial charge is 0.341 e. The normalized spacial score (nSPS) is 13.7. The third-order valence-electron chi connectivity index (χ3n) is 5.26. The molecule has 0 aliphatic heterocycles. The van der Waals surface area contributed by atoms with Crippen LogP contribution in [0.1, 0.15) is 60.6 Å². The highest BCUT2D eigenvalue weighted by Crippen LogP contribution is 2.39. The summed E-state index contributed by atoms with van der Waals surface area (Å²) in [5.74, 6) is -1.02. The van der Waals surface area contributed by atoms with E-state index in [-0.39, 0.29) is 18.3 Å². The van der Waals surface area contributed by atoms with Crippen LogP contribution in [0.4, 0.5) is 5.00 Å². The molecule has 0 spiro atoms. The Morgan fingerprint density at radius 3 is 2.56 bits per heavy atom. The molecule has 0 saturated carbocycles. The number of carbonyl (C=O) groups excluding carboxylic acids is 3. The number of carbonyl (C=O) groups is 3. The van der Waals surface area contributed by atoms with Crippen LogP contribution in [0.25, 0.3) is 0 Å². The monoisotopic (exact) mass is 468 g/mol. The van der Waals surface area contributed by atoms with Crippen molar-refractivity contribution in [2.45, 2.75) is 38.8 Å². The van der Waals surface area contributed by atoms with E-state index in [1.807, 2.05) is 11.4 Å². The van der Waals surface area contributed by atoms with Crippen molar-refractivity contribution in [2.75, 3.05) is 11.9 Å². The van der Waals surface area contributed by atoms with E-state index in [4.69, 9.17) is 4.74 Å². The maximum Gasteiger partial charge on any atom is 0.341 e. The topological polar surface area (TPSA) is 84.5 Å². The quantitative estimate of drug-likeness (QED) is 0.279. The minimum Gasteiger partial charge on any atom is -0.462 e. The van der Waals surface area contributed by atoms with Gasteiger partial charge in [0.1, 0.15) is 5.00 Å². The summed E-state index contributed by atoms with van der Waals surface area (Å²) in [4.78, 5) is 40.6. The molecule has 2 N–H and O–H groups in total. The van der Waals surface area contributed by atoms with Gasteiger partial charge in [-0.1, -0.05) is 24.3 Å². The first-order valence-corrected chi connectivity index (χ1v) is 12.3. The first-order chi connectivity index (χ1) is 15.6. The number of anilines is 1. The number of ether oxygens (including phenoxy) is 1. The summed E-state index contributed by atoms with van der Waals surface area (Å²) in [5.41, 5.74) is 1.94. The zero-order valence-electron chi connectivity index (χ0n) is 17.7. The van der Waals surface area contributed by atoms with Gasteiger partial charge in [-0.3, -0.25) is 9.59 Å². The van der Waals surface area contributed by atoms with Crippen LogP contribution in [0.5, 0.6) is 0 Å². The Morgan fingerprint density at radius 1 is 1.06 bits per heavy atom. The molecule has 0 fully saturated rings. The molecule has 0 radical (unpaired) electrons. The summed E-state index contributed by atoms with van der Waals surface area (Å²) in [6.45, 7) is 2.04. The summed E-state index contributed by atoms with van der Waals surface area (Å²) in [5, 5.41) is 8.37. The molecule has 8 heteroatoms. The average Bonchev–Trinajstić information content (AvgIpc) is 3.47. The van der Waals surface area contributed by atoms with Gasteiger partial charge in [-0.25, -0.2) is 4.79 Å². The zero-order valence-corrected chi connectivity index (χ0v) is 19.3. The van der Waals surface area contributed by atoms with E-state index in [9.17, 15) is 14.4 Å². The zero-order chi connectivity index (χ0) is 22.5. The molecular formula is C24H24N2O4S2. The molecule has 0 bridgehead atoms. The molecule has 4 rings (SSSR count). The fourth-order valence-electron chi connectivity index (χ4n) is 3.75. The van der Waals surface area contributed by atoms with Gasteiger partial charge in [-0.2, -0.15) is 0 Å². The number of amides is 1. The van der Waals surface area contributed by atoms with Crippen LogP contribution in [-0.2, 0) is 17.6 Å². The number of fused-ring (bicyclic) bond motifs is 1. The lowest BCUT2D eigenvalue weighted by molar-refractivity contribution is 0.0526. The third kappa shape index (κ3) is 4.76. The number of hydrogen-bond acceptors (Lipinski definition) is 7. The van der Waals surface area contributed by atoms with E-state index in [1.54, 1.807) is 43.3 Å². The van der Waals surface area contributed by atoms with Gasteiger partial charge in [0.2, 0.25) is 5.78 Å². The third-order valence-corrected chi connectivity index (χ3v) is 7.37. The van der Waals surface area contributed by atoms with E-state index in [2.05, 4.69) is 10.6 Å². The van der Waals surface area contributed by atoms with Crippen LogP contribution in [0, 0.1) is 0 Å². The molecular weight excluding hydrogens is 444 g/mol. The predicted molar refractivity (Wildman–Crippen MR) is 127 cm³/mol. The standard InChI is InChI=1S/C24H24N2O4S2/c1-2-30-24(29)19-16-11-6-7-12-17(16)32-23(19)26-21(20(27)18-13-8-14-31-18)25-22(28)15-9-4-3-5-10-15/h3-5,8-10,13-14,21,26H,2,6-7,11-12H2,1H3,(H,25,28)/t21-/m0/s1. The van der Waals surface area contributed by atoms with Gasteiger partial charge in [0.05, 0.1) is 17.0 Å². The minimum absolute atomic E-state index is 0.259. The summed E-state index contributed by atoms with van der Waals surface area (Å²) in [7, 11) is 0. The Hall–Kier alpha value is -2.97. The number of Topliss-reactive ketones (excluding diaryl/α,β-unsaturated/α-hetero) is 1. The molecule has 166 valence electrons. The average molecular weight is 469 g/mol. The van der Waals surface area contributed by atoms with Crippen LogP contribution in [0.15, 0.2) is 47.8 Å². The second-order valence-corrected chi connectivity index (χ2v) is 9.45. The van der Waals surface area contributed by atoms with Crippen molar-refractivity contribution >= 4 is 45.3 Å². The second-order valence-electron chi connectivity index (χ2n) is 7.39. The maximum absolute atomic E-state index is 13.2. The van der Waals surface area contributed by atoms with Gasteiger partial charge >= 0.3 is 5.97 Å². The van der Waals surface area contributed by atoms with Crippen molar-refractivity contribution in [1.82, 2.24) is 5.32 Å². The Bertz CT molecular complexity index is 1110. The molecule has 2 aromatic heterocycles. The summed E-state index contributed by atoms with van der Waals surface area (Å²) >= 11 is 2.78. The summed E-state index contributed by atoms with van der Waals surface area (Å²) in [6, 6.07) is 12.3. The van der Waals surface area contributed by atoms with Crippen LogP contribution in [-0.4, -0.2) is 30.4 Å². The molecule has 1 amide bonds. The van der Waals surface area contributed by atoms with Crippen LogP contribution in [0.2, 0.25) is 0 Å². The fourth-order valence-corrected chi connectivity index (χ4v) is 5.75. The lowest BCUT2D eigenvalue weighted by Gasteiger charge is -2.20. The van der Waals surface area contributed by atoms with Crippen molar-refractivity contribution < 1.29 is 19.1 Å². The largest absolute Gasteiger partial charge is 0.462 e. The second kappa shape index (κ2) is 10.1. The Labute approximate surface area is 194 Å². The first-order valence-electron chi connectivity index (χ1n) is 10.6. The van der Waals surface area contributed by atoms with Gasteiger partial charge in [0.15, 0.2) is 6.17 Å².